The minimum Gasteiger partial charge on any atom is -0.452 e. The fraction of sp³-hybridized carbons (Fsp3) is 0.125. The average Bonchev–Trinajstić information content (AvgIpc) is 3.02. The summed E-state index contributed by atoms with van der Waals surface area (Å²) in [6.45, 7) is 1.52. The van der Waals surface area contributed by atoms with Crippen molar-refractivity contribution < 1.29 is 14.3 Å². The SMILES string of the molecule is Cc1cccc(C(=O)OCC(=O)Nc2cccc3nsnc23)c1. The van der Waals surface area contributed by atoms with Crippen LogP contribution in [0.2, 0.25) is 0 Å². The van der Waals surface area contributed by atoms with Crippen molar-refractivity contribution in [1.82, 2.24) is 8.75 Å². The highest BCUT2D eigenvalue weighted by Crippen LogP contribution is 2.20. The molecule has 0 atom stereocenters. The molecule has 0 radical (unpaired) electrons. The first-order valence-corrected chi connectivity index (χ1v) is 7.61. The third kappa shape index (κ3) is 3.51. The lowest BCUT2D eigenvalue weighted by atomic mass is 10.1. The summed E-state index contributed by atoms with van der Waals surface area (Å²) in [7, 11) is 0. The van der Waals surface area contributed by atoms with Gasteiger partial charge in [-0.05, 0) is 31.2 Å². The number of aromatic nitrogens is 2. The number of carbonyl (C=O) groups excluding carboxylic acids is 2. The number of hydrogen-bond donors (Lipinski definition) is 1. The van der Waals surface area contributed by atoms with Crippen LogP contribution in [0.3, 0.4) is 0 Å². The van der Waals surface area contributed by atoms with E-state index < -0.39 is 11.9 Å². The molecule has 0 aliphatic rings. The number of hydrogen-bond acceptors (Lipinski definition) is 6. The first-order chi connectivity index (χ1) is 11.1. The number of esters is 1. The zero-order valence-corrected chi connectivity index (χ0v) is 13.1. The molecular weight excluding hydrogens is 314 g/mol. The van der Waals surface area contributed by atoms with E-state index in [-0.39, 0.29) is 6.61 Å². The van der Waals surface area contributed by atoms with Crippen LogP contribution in [-0.2, 0) is 9.53 Å². The Labute approximate surface area is 136 Å². The fourth-order valence-electron chi connectivity index (χ4n) is 2.08. The summed E-state index contributed by atoms with van der Waals surface area (Å²) in [6, 6.07) is 12.3. The second-order valence-electron chi connectivity index (χ2n) is 4.93. The van der Waals surface area contributed by atoms with Gasteiger partial charge in [-0.2, -0.15) is 8.75 Å². The molecule has 3 aromatic rings. The summed E-state index contributed by atoms with van der Waals surface area (Å²) in [6.07, 6.45) is 0. The number of aryl methyl sites for hydroxylation is 1. The Kier molecular flexibility index (Phi) is 4.29. The van der Waals surface area contributed by atoms with Gasteiger partial charge in [-0.15, -0.1) is 0 Å². The summed E-state index contributed by atoms with van der Waals surface area (Å²) >= 11 is 1.07. The molecule has 23 heavy (non-hydrogen) atoms. The Morgan fingerprint density at radius 2 is 2.00 bits per heavy atom. The van der Waals surface area contributed by atoms with E-state index >= 15 is 0 Å². The van der Waals surface area contributed by atoms with Gasteiger partial charge < -0.3 is 10.1 Å². The molecule has 1 heterocycles. The van der Waals surface area contributed by atoms with Crippen LogP contribution in [0.1, 0.15) is 15.9 Å². The fourth-order valence-corrected chi connectivity index (χ4v) is 2.63. The normalized spacial score (nSPS) is 10.5. The van der Waals surface area contributed by atoms with Crippen molar-refractivity contribution in [3.05, 3.63) is 53.6 Å². The second-order valence-corrected chi connectivity index (χ2v) is 5.46. The highest BCUT2D eigenvalue weighted by atomic mass is 32.1. The Balaban J connectivity index is 1.62. The summed E-state index contributed by atoms with van der Waals surface area (Å²) < 4.78 is 13.3. The number of amides is 1. The van der Waals surface area contributed by atoms with Crippen molar-refractivity contribution in [1.29, 1.82) is 0 Å². The monoisotopic (exact) mass is 327 g/mol. The number of nitrogens with zero attached hydrogens (tertiary/aromatic N) is 2. The summed E-state index contributed by atoms with van der Waals surface area (Å²) in [5.74, 6) is -0.955. The van der Waals surface area contributed by atoms with Crippen molar-refractivity contribution in [2.24, 2.45) is 0 Å². The zero-order valence-electron chi connectivity index (χ0n) is 12.3. The van der Waals surface area contributed by atoms with Gasteiger partial charge in [0.2, 0.25) is 0 Å². The standard InChI is InChI=1S/C16H13N3O3S/c1-10-4-2-5-11(8-10)16(21)22-9-14(20)17-12-6-3-7-13-15(12)19-23-18-13/h2-8H,9H2,1H3,(H,17,20). The minimum atomic E-state index is -0.530. The molecule has 1 amide bonds. The molecule has 0 saturated carbocycles. The van der Waals surface area contributed by atoms with E-state index in [1.165, 1.54) is 0 Å². The first kappa shape index (κ1) is 15.1. The Bertz CT molecular complexity index is 876. The van der Waals surface area contributed by atoms with Crippen LogP contribution in [0.5, 0.6) is 0 Å². The van der Waals surface area contributed by atoms with Crippen LogP contribution in [0.15, 0.2) is 42.5 Å². The lowest BCUT2D eigenvalue weighted by Gasteiger charge is -2.07. The Morgan fingerprint density at radius 3 is 2.83 bits per heavy atom. The molecular formula is C16H13N3O3S. The van der Waals surface area contributed by atoms with Crippen LogP contribution in [0.25, 0.3) is 11.0 Å². The zero-order chi connectivity index (χ0) is 16.2. The molecule has 0 spiro atoms. The third-order valence-corrected chi connectivity index (χ3v) is 3.69. The predicted molar refractivity (Wildman–Crippen MR) is 87.5 cm³/mol. The van der Waals surface area contributed by atoms with E-state index in [0.29, 0.717) is 22.3 Å². The number of nitrogens with one attached hydrogen (secondary N) is 1. The first-order valence-electron chi connectivity index (χ1n) is 6.88. The molecule has 6 nitrogen and oxygen atoms in total. The Hall–Kier alpha value is -2.80. The van der Waals surface area contributed by atoms with Gasteiger partial charge in [-0.25, -0.2) is 4.79 Å². The predicted octanol–water partition coefficient (Wildman–Crippen LogP) is 2.80. The van der Waals surface area contributed by atoms with Crippen molar-refractivity contribution in [2.45, 2.75) is 6.92 Å². The number of benzene rings is 2. The molecule has 0 fully saturated rings. The molecule has 0 unspecified atom stereocenters. The van der Waals surface area contributed by atoms with E-state index in [2.05, 4.69) is 14.1 Å². The van der Waals surface area contributed by atoms with Gasteiger partial charge in [-0.3, -0.25) is 4.79 Å². The van der Waals surface area contributed by atoms with E-state index in [1.54, 1.807) is 30.3 Å². The number of anilines is 1. The van der Waals surface area contributed by atoms with Crippen LogP contribution in [-0.4, -0.2) is 27.2 Å². The molecule has 0 aliphatic carbocycles. The van der Waals surface area contributed by atoms with Gasteiger partial charge in [0.05, 0.1) is 23.0 Å². The van der Waals surface area contributed by atoms with Gasteiger partial charge in [-0.1, -0.05) is 23.8 Å². The van der Waals surface area contributed by atoms with E-state index in [4.69, 9.17) is 4.74 Å². The summed E-state index contributed by atoms with van der Waals surface area (Å²) in [5, 5.41) is 2.68. The van der Waals surface area contributed by atoms with Crippen molar-refractivity contribution in [3.8, 4) is 0 Å². The molecule has 0 aliphatic heterocycles. The molecule has 7 heteroatoms. The van der Waals surface area contributed by atoms with Gasteiger partial charge in [0.1, 0.15) is 11.0 Å². The summed E-state index contributed by atoms with van der Waals surface area (Å²) in [5.41, 5.74) is 3.25. The van der Waals surface area contributed by atoms with Gasteiger partial charge in [0.15, 0.2) is 6.61 Å². The number of ether oxygens (including phenoxy) is 1. The second kappa shape index (κ2) is 6.53. The minimum absolute atomic E-state index is 0.360. The van der Waals surface area contributed by atoms with Crippen molar-refractivity contribution >= 4 is 40.3 Å². The highest BCUT2D eigenvalue weighted by Gasteiger charge is 2.12. The van der Waals surface area contributed by atoms with E-state index in [1.807, 2.05) is 19.1 Å². The maximum absolute atomic E-state index is 11.9. The van der Waals surface area contributed by atoms with Crippen LogP contribution in [0.4, 0.5) is 5.69 Å². The quantitative estimate of drug-likeness (QED) is 0.745. The molecule has 2 aromatic carbocycles. The summed E-state index contributed by atoms with van der Waals surface area (Å²) in [4.78, 5) is 23.8. The third-order valence-electron chi connectivity index (χ3n) is 3.15. The van der Waals surface area contributed by atoms with Crippen molar-refractivity contribution in [3.63, 3.8) is 0 Å². The van der Waals surface area contributed by atoms with Crippen molar-refractivity contribution in [2.75, 3.05) is 11.9 Å². The van der Waals surface area contributed by atoms with Gasteiger partial charge in [0.25, 0.3) is 5.91 Å². The number of rotatable bonds is 4. The van der Waals surface area contributed by atoms with Gasteiger partial charge >= 0.3 is 5.97 Å². The molecule has 1 aromatic heterocycles. The maximum atomic E-state index is 11.9. The lowest BCUT2D eigenvalue weighted by Crippen LogP contribution is -2.21. The smallest absolute Gasteiger partial charge is 0.338 e. The molecule has 3 rings (SSSR count). The average molecular weight is 327 g/mol. The van der Waals surface area contributed by atoms with Crippen LogP contribution >= 0.6 is 11.7 Å². The maximum Gasteiger partial charge on any atom is 0.338 e. The lowest BCUT2D eigenvalue weighted by molar-refractivity contribution is -0.119. The molecule has 1 N–H and O–H groups in total. The van der Waals surface area contributed by atoms with E-state index in [0.717, 1.165) is 17.3 Å². The molecule has 0 bridgehead atoms. The number of fused-ring (bicyclic) bond motifs is 1. The van der Waals surface area contributed by atoms with Gasteiger partial charge in [0, 0.05) is 0 Å². The van der Waals surface area contributed by atoms with Crippen LogP contribution < -0.4 is 5.32 Å². The topological polar surface area (TPSA) is 81.2 Å². The van der Waals surface area contributed by atoms with Crippen LogP contribution in [0, 0.1) is 6.92 Å². The largest absolute Gasteiger partial charge is 0.452 e. The Morgan fingerprint density at radius 1 is 1.17 bits per heavy atom. The molecule has 116 valence electrons. The van der Waals surface area contributed by atoms with E-state index in [9.17, 15) is 9.59 Å². The molecule has 0 saturated heterocycles. The highest BCUT2D eigenvalue weighted by molar-refractivity contribution is 7.00. The number of carbonyl (C=O) groups is 2.